The summed E-state index contributed by atoms with van der Waals surface area (Å²) in [5, 5.41) is 12.7. The normalized spacial score (nSPS) is 16.0. The molecule has 0 amide bonds. The second kappa shape index (κ2) is 6.80. The molecule has 3 rings (SSSR count). The molecule has 0 saturated carbocycles. The fourth-order valence-electron chi connectivity index (χ4n) is 3.68. The molecule has 22 heavy (non-hydrogen) atoms. The molecule has 1 aliphatic rings. The summed E-state index contributed by atoms with van der Waals surface area (Å²) < 4.78 is 0. The Hall–Kier alpha value is -1.38. The van der Waals surface area contributed by atoms with Crippen LogP contribution in [0.4, 0.5) is 0 Å². The average molecular weight is 297 g/mol. The average Bonchev–Trinajstić information content (AvgIpc) is 2.55. The van der Waals surface area contributed by atoms with Crippen LogP contribution in [-0.2, 0) is 19.4 Å². The first-order chi connectivity index (χ1) is 10.7. The third-order valence-corrected chi connectivity index (χ3v) is 4.89. The standard InChI is InChI=1S/C20H27NO/c1-3-17(22)14-21(2)13-16-12-15-8-4-5-9-18(15)20-11-7-6-10-19(16)20/h6-7,10-12,17,22H,3-5,8-9,13-14H2,1-2H3/t17-/m1/s1. The van der Waals surface area contributed by atoms with Gasteiger partial charge in [0.2, 0.25) is 0 Å². The van der Waals surface area contributed by atoms with Gasteiger partial charge in [0, 0.05) is 13.1 Å². The molecule has 1 aliphatic carbocycles. The van der Waals surface area contributed by atoms with Gasteiger partial charge in [-0.25, -0.2) is 0 Å². The maximum Gasteiger partial charge on any atom is 0.0664 e. The first kappa shape index (κ1) is 15.5. The van der Waals surface area contributed by atoms with E-state index in [1.165, 1.54) is 42.0 Å². The molecular formula is C20H27NO. The summed E-state index contributed by atoms with van der Waals surface area (Å²) in [6.07, 6.45) is 5.66. The van der Waals surface area contributed by atoms with Crippen molar-refractivity contribution in [3.63, 3.8) is 0 Å². The van der Waals surface area contributed by atoms with Gasteiger partial charge < -0.3 is 5.11 Å². The fourth-order valence-corrected chi connectivity index (χ4v) is 3.68. The molecule has 0 saturated heterocycles. The largest absolute Gasteiger partial charge is 0.392 e. The Kier molecular flexibility index (Phi) is 4.80. The Balaban J connectivity index is 1.95. The molecule has 0 aromatic heterocycles. The molecule has 0 bridgehead atoms. The Bertz CT molecular complexity index is 649. The van der Waals surface area contributed by atoms with Crippen LogP contribution in [0, 0.1) is 0 Å². The lowest BCUT2D eigenvalue weighted by Crippen LogP contribution is -2.28. The number of hydrogen-bond donors (Lipinski definition) is 1. The van der Waals surface area contributed by atoms with Crippen LogP contribution in [0.5, 0.6) is 0 Å². The van der Waals surface area contributed by atoms with E-state index in [-0.39, 0.29) is 6.10 Å². The summed E-state index contributed by atoms with van der Waals surface area (Å²) in [5.74, 6) is 0. The lowest BCUT2D eigenvalue weighted by molar-refractivity contribution is 0.119. The summed E-state index contributed by atoms with van der Waals surface area (Å²) in [6, 6.07) is 11.3. The summed E-state index contributed by atoms with van der Waals surface area (Å²) in [5.41, 5.74) is 4.52. The van der Waals surface area contributed by atoms with Gasteiger partial charge in [-0.1, -0.05) is 37.3 Å². The second-order valence-electron chi connectivity index (χ2n) is 6.68. The first-order valence-electron chi connectivity index (χ1n) is 8.58. The molecule has 0 aliphatic heterocycles. The van der Waals surface area contributed by atoms with Gasteiger partial charge in [0.05, 0.1) is 6.10 Å². The third-order valence-electron chi connectivity index (χ3n) is 4.89. The van der Waals surface area contributed by atoms with Gasteiger partial charge in [-0.05, 0) is 66.6 Å². The van der Waals surface area contributed by atoms with Crippen LogP contribution in [0.25, 0.3) is 10.8 Å². The van der Waals surface area contributed by atoms with E-state index >= 15 is 0 Å². The highest BCUT2D eigenvalue weighted by atomic mass is 16.3. The summed E-state index contributed by atoms with van der Waals surface area (Å²) in [6.45, 7) is 3.68. The number of likely N-dealkylation sites (N-methyl/N-ethyl adjacent to an activating group) is 1. The van der Waals surface area contributed by atoms with Crippen LogP contribution >= 0.6 is 0 Å². The van der Waals surface area contributed by atoms with Crippen LogP contribution < -0.4 is 0 Å². The highest BCUT2D eigenvalue weighted by Gasteiger charge is 2.16. The van der Waals surface area contributed by atoms with Crippen LogP contribution in [0.15, 0.2) is 30.3 Å². The van der Waals surface area contributed by atoms with Crippen LogP contribution in [-0.4, -0.2) is 29.7 Å². The van der Waals surface area contributed by atoms with Crippen LogP contribution in [0.2, 0.25) is 0 Å². The van der Waals surface area contributed by atoms with Crippen molar-refractivity contribution in [1.29, 1.82) is 0 Å². The topological polar surface area (TPSA) is 23.5 Å². The van der Waals surface area contributed by atoms with Crippen molar-refractivity contribution >= 4 is 10.8 Å². The Morgan fingerprint density at radius 2 is 1.86 bits per heavy atom. The predicted octanol–water partition coefficient (Wildman–Crippen LogP) is 3.92. The van der Waals surface area contributed by atoms with Gasteiger partial charge >= 0.3 is 0 Å². The fraction of sp³-hybridized carbons (Fsp3) is 0.500. The van der Waals surface area contributed by atoms with Gasteiger partial charge in [0.25, 0.3) is 0 Å². The van der Waals surface area contributed by atoms with Gasteiger partial charge in [0.15, 0.2) is 0 Å². The van der Waals surface area contributed by atoms with Crippen molar-refractivity contribution in [2.45, 2.75) is 51.7 Å². The van der Waals surface area contributed by atoms with Crippen molar-refractivity contribution in [2.24, 2.45) is 0 Å². The van der Waals surface area contributed by atoms with E-state index in [1.54, 1.807) is 11.1 Å². The zero-order valence-corrected chi connectivity index (χ0v) is 13.8. The number of nitrogens with zero attached hydrogens (tertiary/aromatic N) is 1. The quantitative estimate of drug-likeness (QED) is 0.904. The minimum Gasteiger partial charge on any atom is -0.392 e. The lowest BCUT2D eigenvalue weighted by Gasteiger charge is -2.24. The molecule has 1 atom stereocenters. The van der Waals surface area contributed by atoms with Crippen molar-refractivity contribution < 1.29 is 5.11 Å². The van der Waals surface area contributed by atoms with Crippen molar-refractivity contribution in [3.8, 4) is 0 Å². The van der Waals surface area contributed by atoms with E-state index in [9.17, 15) is 5.11 Å². The highest BCUT2D eigenvalue weighted by molar-refractivity contribution is 5.90. The molecule has 2 aromatic carbocycles. The lowest BCUT2D eigenvalue weighted by atomic mass is 9.85. The van der Waals surface area contributed by atoms with E-state index < -0.39 is 0 Å². The number of aliphatic hydroxyl groups is 1. The van der Waals surface area contributed by atoms with Gasteiger partial charge in [-0.15, -0.1) is 0 Å². The van der Waals surface area contributed by atoms with Crippen LogP contribution in [0.1, 0.15) is 42.9 Å². The molecule has 0 radical (unpaired) electrons. The highest BCUT2D eigenvalue weighted by Crippen LogP contribution is 2.32. The van der Waals surface area contributed by atoms with Gasteiger partial charge in [0.1, 0.15) is 0 Å². The minimum absolute atomic E-state index is 0.228. The molecule has 0 spiro atoms. The van der Waals surface area contributed by atoms with Gasteiger partial charge in [-0.3, -0.25) is 4.90 Å². The van der Waals surface area contributed by atoms with Crippen molar-refractivity contribution in [1.82, 2.24) is 4.90 Å². The van der Waals surface area contributed by atoms with E-state index in [4.69, 9.17) is 0 Å². The molecular weight excluding hydrogens is 270 g/mol. The molecule has 2 heteroatoms. The monoisotopic (exact) mass is 297 g/mol. The molecule has 118 valence electrons. The summed E-state index contributed by atoms with van der Waals surface area (Å²) in [7, 11) is 2.10. The Morgan fingerprint density at radius 3 is 2.64 bits per heavy atom. The van der Waals surface area contributed by atoms with Crippen molar-refractivity contribution in [3.05, 3.63) is 47.0 Å². The number of fused-ring (bicyclic) bond motifs is 3. The third kappa shape index (κ3) is 3.18. The number of hydrogen-bond acceptors (Lipinski definition) is 2. The number of benzene rings is 2. The second-order valence-corrected chi connectivity index (χ2v) is 6.68. The molecule has 0 unspecified atom stereocenters. The van der Waals surface area contributed by atoms with E-state index in [2.05, 4.69) is 42.3 Å². The van der Waals surface area contributed by atoms with Crippen molar-refractivity contribution in [2.75, 3.05) is 13.6 Å². The van der Waals surface area contributed by atoms with Crippen LogP contribution in [0.3, 0.4) is 0 Å². The maximum atomic E-state index is 9.87. The number of aryl methyl sites for hydroxylation is 2. The summed E-state index contributed by atoms with van der Waals surface area (Å²) >= 11 is 0. The van der Waals surface area contributed by atoms with E-state index in [0.717, 1.165) is 19.5 Å². The maximum absolute atomic E-state index is 9.87. The predicted molar refractivity (Wildman–Crippen MR) is 93.2 cm³/mol. The smallest absolute Gasteiger partial charge is 0.0664 e. The first-order valence-corrected chi connectivity index (χ1v) is 8.58. The number of aliphatic hydroxyl groups excluding tert-OH is 1. The summed E-state index contributed by atoms with van der Waals surface area (Å²) in [4.78, 5) is 2.24. The minimum atomic E-state index is -0.228. The SMILES string of the molecule is CC[C@@H](O)CN(C)Cc1cc2c(c3ccccc13)CCCC2. The molecule has 0 heterocycles. The van der Waals surface area contributed by atoms with Gasteiger partial charge in [-0.2, -0.15) is 0 Å². The molecule has 0 fully saturated rings. The Morgan fingerprint density at radius 1 is 1.14 bits per heavy atom. The molecule has 2 aromatic rings. The number of rotatable bonds is 5. The molecule has 2 nitrogen and oxygen atoms in total. The molecule has 1 N–H and O–H groups in total. The Labute approximate surface area is 133 Å². The van der Waals surface area contributed by atoms with E-state index in [1.807, 2.05) is 6.92 Å². The zero-order chi connectivity index (χ0) is 15.5. The van der Waals surface area contributed by atoms with E-state index in [0.29, 0.717) is 0 Å². The zero-order valence-electron chi connectivity index (χ0n) is 13.8.